The molecule has 0 unspecified atom stereocenters. The Morgan fingerprint density at radius 3 is 2.31 bits per heavy atom. The Kier molecular flexibility index (Phi) is 6.06. The second-order valence-electron chi connectivity index (χ2n) is 7.03. The first kappa shape index (κ1) is 19.0. The highest BCUT2D eigenvalue weighted by Gasteiger charge is 2.18. The number of nitrogens with zero attached hydrogens (tertiary/aromatic N) is 1. The van der Waals surface area contributed by atoms with E-state index in [2.05, 4.69) is 16.5 Å². The van der Waals surface area contributed by atoms with E-state index in [0.717, 1.165) is 37.2 Å². The van der Waals surface area contributed by atoms with Crippen LogP contribution in [0.5, 0.6) is 0 Å². The van der Waals surface area contributed by atoms with Crippen LogP contribution in [0, 0.1) is 11.7 Å². The molecule has 1 aliphatic rings. The van der Waals surface area contributed by atoms with Crippen LogP contribution in [0.1, 0.15) is 30.9 Å². The maximum absolute atomic E-state index is 13.7. The van der Waals surface area contributed by atoms with Gasteiger partial charge in [0.05, 0.1) is 0 Å². The van der Waals surface area contributed by atoms with Gasteiger partial charge in [-0.3, -0.25) is 4.90 Å². The van der Waals surface area contributed by atoms with Gasteiger partial charge in [-0.15, -0.1) is 0 Å². The summed E-state index contributed by atoms with van der Waals surface area (Å²) in [4.78, 5) is 2.13. The van der Waals surface area contributed by atoms with E-state index < -0.39 is 15.8 Å². The molecule has 1 N–H and O–H groups in total. The van der Waals surface area contributed by atoms with Gasteiger partial charge in [-0.2, -0.15) is 0 Å². The molecule has 6 heteroatoms. The third-order valence-electron chi connectivity index (χ3n) is 4.90. The molecule has 0 atom stereocenters. The summed E-state index contributed by atoms with van der Waals surface area (Å²) in [5.41, 5.74) is 2.07. The highest BCUT2D eigenvalue weighted by molar-refractivity contribution is 7.89. The van der Waals surface area contributed by atoms with Crippen molar-refractivity contribution in [3.63, 3.8) is 0 Å². The summed E-state index contributed by atoms with van der Waals surface area (Å²) in [5.74, 6) is 0.0716. The van der Waals surface area contributed by atoms with E-state index in [9.17, 15) is 12.8 Å². The summed E-state index contributed by atoms with van der Waals surface area (Å²) in [6, 6.07) is 13.3. The number of hydrogen-bond acceptors (Lipinski definition) is 3. The lowest BCUT2D eigenvalue weighted by Crippen LogP contribution is -2.32. The smallest absolute Gasteiger partial charge is 0.243 e. The molecule has 1 heterocycles. The third-order valence-corrected chi connectivity index (χ3v) is 6.33. The molecule has 0 spiro atoms. The standard InChI is InChI=1S/C20H25FN2O2S/c1-16-10-12-23(13-11-16)15-18-8-6-17(7-9-18)14-22-26(24,25)20-5-3-2-4-19(20)21/h2-9,16,22H,10-15H2,1H3. The lowest BCUT2D eigenvalue weighted by molar-refractivity contribution is 0.185. The molecule has 4 nitrogen and oxygen atoms in total. The second kappa shape index (κ2) is 8.29. The zero-order valence-corrected chi connectivity index (χ0v) is 15.8. The van der Waals surface area contributed by atoms with Gasteiger partial charge in [0.15, 0.2) is 0 Å². The molecule has 0 aromatic heterocycles. The van der Waals surface area contributed by atoms with Crippen molar-refractivity contribution in [2.75, 3.05) is 13.1 Å². The summed E-state index contributed by atoms with van der Waals surface area (Å²) in [5, 5.41) is 0. The summed E-state index contributed by atoms with van der Waals surface area (Å²) in [6.07, 6.45) is 2.49. The topological polar surface area (TPSA) is 49.4 Å². The molecular weight excluding hydrogens is 351 g/mol. The van der Waals surface area contributed by atoms with Gasteiger partial charge in [-0.1, -0.05) is 43.3 Å². The molecule has 0 radical (unpaired) electrons. The van der Waals surface area contributed by atoms with E-state index in [1.165, 1.54) is 36.6 Å². The average molecular weight is 376 g/mol. The van der Waals surface area contributed by atoms with Crippen LogP contribution in [0.25, 0.3) is 0 Å². The summed E-state index contributed by atoms with van der Waals surface area (Å²) in [7, 11) is -3.86. The normalized spacial score (nSPS) is 16.7. The lowest BCUT2D eigenvalue weighted by atomic mass is 9.99. The molecule has 0 aliphatic carbocycles. The summed E-state index contributed by atoms with van der Waals surface area (Å²) >= 11 is 0. The lowest BCUT2D eigenvalue weighted by Gasteiger charge is -2.30. The zero-order valence-electron chi connectivity index (χ0n) is 15.0. The van der Waals surface area contributed by atoms with Crippen molar-refractivity contribution in [3.8, 4) is 0 Å². The predicted molar refractivity (Wildman–Crippen MR) is 101 cm³/mol. The summed E-state index contributed by atoms with van der Waals surface area (Å²) < 4.78 is 40.6. The Morgan fingerprint density at radius 1 is 1.04 bits per heavy atom. The first-order valence-corrected chi connectivity index (χ1v) is 10.5. The highest BCUT2D eigenvalue weighted by Crippen LogP contribution is 2.18. The van der Waals surface area contributed by atoms with Crippen LogP contribution in [0.3, 0.4) is 0 Å². The van der Waals surface area contributed by atoms with Crippen LogP contribution in [0.2, 0.25) is 0 Å². The fraction of sp³-hybridized carbons (Fsp3) is 0.400. The fourth-order valence-electron chi connectivity index (χ4n) is 3.16. The van der Waals surface area contributed by atoms with Crippen molar-refractivity contribution in [2.45, 2.75) is 37.8 Å². The zero-order chi connectivity index (χ0) is 18.6. The number of sulfonamides is 1. The van der Waals surface area contributed by atoms with E-state index in [-0.39, 0.29) is 11.4 Å². The molecule has 0 amide bonds. The maximum Gasteiger partial charge on any atom is 0.243 e. The van der Waals surface area contributed by atoms with E-state index in [1.54, 1.807) is 0 Å². The highest BCUT2D eigenvalue weighted by atomic mass is 32.2. The van der Waals surface area contributed by atoms with Gasteiger partial charge < -0.3 is 0 Å². The van der Waals surface area contributed by atoms with Crippen molar-refractivity contribution >= 4 is 10.0 Å². The van der Waals surface area contributed by atoms with Crippen molar-refractivity contribution in [2.24, 2.45) is 5.92 Å². The van der Waals surface area contributed by atoms with Crippen LogP contribution in [-0.4, -0.2) is 26.4 Å². The maximum atomic E-state index is 13.7. The van der Waals surface area contributed by atoms with Crippen LogP contribution in [0.4, 0.5) is 4.39 Å². The molecule has 2 aromatic rings. The molecule has 1 saturated heterocycles. The number of benzene rings is 2. The van der Waals surface area contributed by atoms with Crippen molar-refractivity contribution in [1.82, 2.24) is 9.62 Å². The van der Waals surface area contributed by atoms with Gasteiger partial charge in [-0.05, 0) is 55.1 Å². The Hall–Kier alpha value is -1.76. The number of nitrogens with one attached hydrogen (secondary N) is 1. The molecule has 26 heavy (non-hydrogen) atoms. The molecule has 2 aromatic carbocycles. The molecule has 1 fully saturated rings. The van der Waals surface area contributed by atoms with Crippen LogP contribution in [0.15, 0.2) is 53.4 Å². The largest absolute Gasteiger partial charge is 0.299 e. The van der Waals surface area contributed by atoms with Crippen molar-refractivity contribution in [3.05, 3.63) is 65.5 Å². The molecule has 0 saturated carbocycles. The quantitative estimate of drug-likeness (QED) is 0.839. The number of rotatable bonds is 6. The molecule has 0 bridgehead atoms. The van der Waals surface area contributed by atoms with Crippen LogP contribution < -0.4 is 4.72 Å². The fourth-order valence-corrected chi connectivity index (χ4v) is 4.25. The Balaban J connectivity index is 1.57. The predicted octanol–water partition coefficient (Wildman–Crippen LogP) is 3.54. The van der Waals surface area contributed by atoms with Gasteiger partial charge >= 0.3 is 0 Å². The van der Waals surface area contributed by atoms with Crippen molar-refractivity contribution in [1.29, 1.82) is 0 Å². The van der Waals surface area contributed by atoms with E-state index in [0.29, 0.717) is 0 Å². The first-order valence-electron chi connectivity index (χ1n) is 8.98. The molecule has 1 aliphatic heterocycles. The van der Waals surface area contributed by atoms with Crippen LogP contribution in [-0.2, 0) is 23.1 Å². The first-order chi connectivity index (χ1) is 12.4. The van der Waals surface area contributed by atoms with E-state index in [4.69, 9.17) is 0 Å². The minimum absolute atomic E-state index is 0.137. The third kappa shape index (κ3) is 4.90. The molecule has 140 valence electrons. The number of hydrogen-bond donors (Lipinski definition) is 1. The number of halogens is 1. The average Bonchev–Trinajstić information content (AvgIpc) is 2.63. The monoisotopic (exact) mass is 376 g/mol. The van der Waals surface area contributed by atoms with Gasteiger partial charge in [-0.25, -0.2) is 17.5 Å². The molecule has 3 rings (SSSR count). The van der Waals surface area contributed by atoms with Gasteiger partial charge in [0.25, 0.3) is 0 Å². The SMILES string of the molecule is CC1CCN(Cc2ccc(CNS(=O)(=O)c3ccccc3F)cc2)CC1. The second-order valence-corrected chi connectivity index (χ2v) is 8.77. The van der Waals surface area contributed by atoms with E-state index >= 15 is 0 Å². The van der Waals surface area contributed by atoms with Crippen LogP contribution >= 0.6 is 0 Å². The minimum Gasteiger partial charge on any atom is -0.299 e. The number of likely N-dealkylation sites (tertiary alicyclic amines) is 1. The number of piperidine rings is 1. The summed E-state index contributed by atoms with van der Waals surface area (Å²) in [6.45, 7) is 5.62. The Labute approximate surface area is 155 Å². The van der Waals surface area contributed by atoms with Gasteiger partial charge in [0, 0.05) is 13.1 Å². The van der Waals surface area contributed by atoms with Gasteiger partial charge in [0.1, 0.15) is 10.7 Å². The van der Waals surface area contributed by atoms with Crippen molar-refractivity contribution < 1.29 is 12.8 Å². The van der Waals surface area contributed by atoms with Gasteiger partial charge in [0.2, 0.25) is 10.0 Å². The van der Waals surface area contributed by atoms with E-state index in [1.807, 2.05) is 24.3 Å². The molecular formula is C20H25FN2O2S. The Morgan fingerprint density at radius 2 is 1.65 bits per heavy atom. The Bertz CT molecular complexity index is 829. The minimum atomic E-state index is -3.86.